The zero-order valence-corrected chi connectivity index (χ0v) is 30.0. The Morgan fingerprint density at radius 1 is 0.980 bits per heavy atom. The Balaban J connectivity index is 1.35. The molecule has 1 aliphatic carbocycles. The van der Waals surface area contributed by atoms with E-state index in [4.69, 9.17) is 9.72 Å². The maximum absolute atomic E-state index is 14.3. The van der Waals surface area contributed by atoms with Crippen LogP contribution < -0.4 is 16.1 Å². The van der Waals surface area contributed by atoms with Crippen molar-refractivity contribution in [3.8, 4) is 0 Å². The molecule has 3 amide bonds. The van der Waals surface area contributed by atoms with E-state index in [-0.39, 0.29) is 49.4 Å². The number of hydrogen-bond acceptors (Lipinski definition) is 9. The van der Waals surface area contributed by atoms with Crippen LogP contribution in [0.5, 0.6) is 0 Å². The molecule has 4 atom stereocenters. The number of sulfonamides is 1. The van der Waals surface area contributed by atoms with Crippen molar-refractivity contribution < 1.29 is 32.3 Å². The molecule has 2 saturated heterocycles. The van der Waals surface area contributed by atoms with Gasteiger partial charge in [0.25, 0.3) is 5.91 Å². The number of pyridine rings is 1. The molecule has 2 aromatic rings. The van der Waals surface area contributed by atoms with Crippen LogP contribution in [0.25, 0.3) is 17.0 Å². The van der Waals surface area contributed by atoms with Crippen LogP contribution in [-0.4, -0.2) is 89.9 Å². The van der Waals surface area contributed by atoms with Crippen molar-refractivity contribution in [1.29, 1.82) is 0 Å². The number of carbonyl (C=O) groups is 4. The standard InChI is InChI=1S/C36H48N6O7S/c1-22(2)31-32(43)37-23(3)33(44)42-17-5-6-29(40-42)34(45)49-24(4)28-12-11-27-10-9-25(20-30(27)38-28)13-14-36(35(46)39-31)15-18-41(19-16-36)50(47,48)21-26-7-8-26/h9-14,20,22-24,26,29,31,40H,5-8,15-19,21H2,1-4H3,(H,37,43)(H,39,46)/b14-13+/t23-,24+,29?,31-/m0/s1. The van der Waals surface area contributed by atoms with Crippen LogP contribution in [0.3, 0.4) is 0 Å². The van der Waals surface area contributed by atoms with Gasteiger partial charge < -0.3 is 15.4 Å². The fraction of sp³-hybridized carbons (Fsp3) is 0.583. The molecule has 1 unspecified atom stereocenters. The Bertz CT molecular complexity index is 1780. The third kappa shape index (κ3) is 7.87. The molecule has 1 aromatic heterocycles. The second-order valence-corrected chi connectivity index (χ2v) is 16.6. The van der Waals surface area contributed by atoms with Crippen LogP contribution in [0.15, 0.2) is 36.4 Å². The summed E-state index contributed by atoms with van der Waals surface area (Å²) in [6, 6.07) is 6.80. The molecule has 13 nitrogen and oxygen atoms in total. The summed E-state index contributed by atoms with van der Waals surface area (Å²) in [5.74, 6) is -1.80. The predicted molar refractivity (Wildman–Crippen MR) is 187 cm³/mol. The van der Waals surface area contributed by atoms with Gasteiger partial charge in [0.2, 0.25) is 21.8 Å². The molecule has 3 fully saturated rings. The molecule has 50 heavy (non-hydrogen) atoms. The zero-order valence-electron chi connectivity index (χ0n) is 29.2. The van der Waals surface area contributed by atoms with E-state index in [0.29, 0.717) is 30.6 Å². The number of nitrogens with zero attached hydrogens (tertiary/aromatic N) is 3. The van der Waals surface area contributed by atoms with Crippen molar-refractivity contribution in [2.24, 2.45) is 17.3 Å². The van der Waals surface area contributed by atoms with E-state index in [2.05, 4.69) is 16.1 Å². The van der Waals surface area contributed by atoms with E-state index in [1.165, 1.54) is 9.31 Å². The number of esters is 1. The van der Waals surface area contributed by atoms with Gasteiger partial charge >= 0.3 is 5.97 Å². The minimum atomic E-state index is -3.45. The van der Waals surface area contributed by atoms with Crippen molar-refractivity contribution in [1.82, 2.24) is 30.4 Å². The average Bonchev–Trinajstić information content (AvgIpc) is 3.91. The summed E-state index contributed by atoms with van der Waals surface area (Å²) >= 11 is 0. The third-order valence-corrected chi connectivity index (χ3v) is 12.4. The maximum atomic E-state index is 14.3. The highest BCUT2D eigenvalue weighted by atomic mass is 32.2. The first-order chi connectivity index (χ1) is 23.7. The van der Waals surface area contributed by atoms with Crippen LogP contribution in [0.1, 0.15) is 83.6 Å². The van der Waals surface area contributed by atoms with Gasteiger partial charge in [-0.3, -0.25) is 24.2 Å². The van der Waals surface area contributed by atoms with Gasteiger partial charge in [-0.05, 0) is 81.9 Å². The molecule has 1 saturated carbocycles. The average molecular weight is 709 g/mol. The highest BCUT2D eigenvalue weighted by Crippen LogP contribution is 2.38. The molecule has 3 aliphatic heterocycles. The number of hydrogen-bond donors (Lipinski definition) is 3. The molecular weight excluding hydrogens is 660 g/mol. The topological polar surface area (TPSA) is 167 Å². The smallest absolute Gasteiger partial charge is 0.325 e. The van der Waals surface area contributed by atoms with Crippen LogP contribution in [0, 0.1) is 17.3 Å². The van der Waals surface area contributed by atoms with Gasteiger partial charge in [-0.1, -0.05) is 44.2 Å². The number of nitrogens with one attached hydrogen (secondary N) is 3. The van der Waals surface area contributed by atoms with Crippen LogP contribution in [0.2, 0.25) is 0 Å². The highest BCUT2D eigenvalue weighted by Gasteiger charge is 2.44. The number of amides is 3. The molecule has 4 aliphatic rings. The first-order valence-electron chi connectivity index (χ1n) is 17.7. The van der Waals surface area contributed by atoms with Gasteiger partial charge in [0, 0.05) is 25.0 Å². The van der Waals surface area contributed by atoms with E-state index in [9.17, 15) is 27.6 Å². The van der Waals surface area contributed by atoms with Gasteiger partial charge in [-0.15, -0.1) is 0 Å². The second kappa shape index (κ2) is 14.4. The normalized spacial score (nSPS) is 28.0. The van der Waals surface area contributed by atoms with Crippen LogP contribution >= 0.6 is 0 Å². The van der Waals surface area contributed by atoms with Gasteiger partial charge in [0.05, 0.1) is 22.4 Å². The van der Waals surface area contributed by atoms with Crippen molar-refractivity contribution in [3.63, 3.8) is 0 Å². The van der Waals surface area contributed by atoms with Crippen LogP contribution in [0.4, 0.5) is 0 Å². The molecule has 14 heteroatoms. The van der Waals surface area contributed by atoms with Gasteiger partial charge in [-0.2, -0.15) is 0 Å². The SMILES string of the molecule is CC(C)[C@@H]1NC(=O)C2(/C=C/c3ccc4ccc(nc4c3)[C@@H](C)OC(=O)C3CCCN(N3)C(=O)[C@H](C)NC1=O)CCN(S(=O)(=O)CC1CC1)CC2. The maximum Gasteiger partial charge on any atom is 0.325 e. The number of benzene rings is 1. The number of piperidine rings is 1. The van der Waals surface area contributed by atoms with Crippen molar-refractivity contribution in [2.45, 2.75) is 90.4 Å². The molecule has 1 aromatic carbocycles. The summed E-state index contributed by atoms with van der Waals surface area (Å²) in [7, 11) is -3.45. The predicted octanol–water partition coefficient (Wildman–Crippen LogP) is 2.83. The Morgan fingerprint density at radius 3 is 2.40 bits per heavy atom. The summed E-state index contributed by atoms with van der Waals surface area (Å²) in [5, 5.41) is 7.97. The fourth-order valence-electron chi connectivity index (χ4n) is 6.91. The number of cyclic esters (lactones) is 1. The molecule has 4 heterocycles. The van der Waals surface area contributed by atoms with Crippen molar-refractivity contribution >= 4 is 50.7 Å². The summed E-state index contributed by atoms with van der Waals surface area (Å²) in [6.07, 6.45) is 6.37. The van der Waals surface area contributed by atoms with E-state index in [1.54, 1.807) is 13.8 Å². The van der Waals surface area contributed by atoms with Crippen molar-refractivity contribution in [2.75, 3.05) is 25.4 Å². The largest absolute Gasteiger partial charge is 0.455 e. The van der Waals surface area contributed by atoms with E-state index >= 15 is 0 Å². The van der Waals surface area contributed by atoms with E-state index in [1.807, 2.05) is 56.3 Å². The van der Waals surface area contributed by atoms with Gasteiger partial charge in [0.1, 0.15) is 24.2 Å². The lowest BCUT2D eigenvalue weighted by Gasteiger charge is -2.39. The summed E-state index contributed by atoms with van der Waals surface area (Å²) in [6.45, 7) is 7.65. The molecule has 1 spiro atoms. The third-order valence-electron chi connectivity index (χ3n) is 10.3. The summed E-state index contributed by atoms with van der Waals surface area (Å²) in [5.41, 5.74) is 3.91. The quantitative estimate of drug-likeness (QED) is 0.405. The van der Waals surface area contributed by atoms with E-state index in [0.717, 1.165) is 23.8 Å². The van der Waals surface area contributed by atoms with E-state index < -0.39 is 57.5 Å². The zero-order chi connectivity index (χ0) is 35.8. The number of fused-ring (bicyclic) bond motifs is 4. The molecular formula is C36H48N6O7S. The lowest BCUT2D eigenvalue weighted by Crippen LogP contribution is -2.61. The minimum Gasteiger partial charge on any atom is -0.455 e. The van der Waals surface area contributed by atoms with Gasteiger partial charge in [0.15, 0.2) is 0 Å². The van der Waals surface area contributed by atoms with Crippen LogP contribution in [-0.2, 0) is 33.9 Å². The Hall–Kier alpha value is -3.88. The molecule has 3 N–H and O–H groups in total. The number of ether oxygens (including phenoxy) is 1. The lowest BCUT2D eigenvalue weighted by atomic mass is 9.77. The number of rotatable bonds is 4. The minimum absolute atomic E-state index is 0.131. The fourth-order valence-corrected chi connectivity index (χ4v) is 8.79. The number of aromatic nitrogens is 1. The first kappa shape index (κ1) is 35.9. The summed E-state index contributed by atoms with van der Waals surface area (Å²) < 4.78 is 33.6. The Labute approximate surface area is 293 Å². The lowest BCUT2D eigenvalue weighted by molar-refractivity contribution is -0.157. The molecule has 6 rings (SSSR count). The monoisotopic (exact) mass is 708 g/mol. The summed E-state index contributed by atoms with van der Waals surface area (Å²) in [4.78, 5) is 59.5. The van der Waals surface area contributed by atoms with Gasteiger partial charge in [-0.25, -0.2) is 23.1 Å². The van der Waals surface area contributed by atoms with Crippen molar-refractivity contribution in [3.05, 3.63) is 47.7 Å². The number of carbonyl (C=O) groups excluding carboxylic acids is 4. The second-order valence-electron chi connectivity index (χ2n) is 14.6. The first-order valence-corrected chi connectivity index (χ1v) is 19.3. The highest BCUT2D eigenvalue weighted by molar-refractivity contribution is 7.89. The number of hydrazine groups is 1. The Morgan fingerprint density at radius 2 is 1.70 bits per heavy atom. The molecule has 0 radical (unpaired) electrons. The Kier molecular flexibility index (Phi) is 10.3. The molecule has 5 bridgehead atoms. The molecule has 270 valence electrons.